The van der Waals surface area contributed by atoms with Gasteiger partial charge >= 0.3 is 6.09 Å². The lowest BCUT2D eigenvalue weighted by atomic mass is 9.88. The second-order valence-electron chi connectivity index (χ2n) is 10.4. The largest absolute Gasteiger partial charge is 0.507 e. The van der Waals surface area contributed by atoms with Crippen LogP contribution in [0.4, 0.5) is 16.6 Å². The summed E-state index contributed by atoms with van der Waals surface area (Å²) in [6.07, 6.45) is 8.44. The number of nitrogens with one attached hydrogen (secondary N) is 2. The Hall–Kier alpha value is -4.65. The molecule has 3 aromatic rings. The number of phenolic OH excluding ortho intramolecular Hbond substituents is 1. The zero-order chi connectivity index (χ0) is 28.0. The van der Waals surface area contributed by atoms with Crippen LogP contribution in [-0.4, -0.2) is 51.4 Å². The number of para-hydroxylation sites is 1. The molecular formula is C29H35N7O3. The van der Waals surface area contributed by atoms with Crippen LogP contribution in [0, 0.1) is 11.8 Å². The van der Waals surface area contributed by atoms with Gasteiger partial charge in [-0.3, -0.25) is 0 Å². The van der Waals surface area contributed by atoms with E-state index in [9.17, 15) is 9.90 Å². The Bertz CT molecular complexity index is 1390. The third kappa shape index (κ3) is 7.23. The van der Waals surface area contributed by atoms with Gasteiger partial charge in [0.2, 0.25) is 5.95 Å². The summed E-state index contributed by atoms with van der Waals surface area (Å²) in [4.78, 5) is 25.9. The lowest BCUT2D eigenvalue weighted by Gasteiger charge is -2.32. The smallest absolute Gasteiger partial charge is 0.408 e. The molecule has 39 heavy (non-hydrogen) atoms. The van der Waals surface area contributed by atoms with Crippen molar-refractivity contribution in [3.63, 3.8) is 0 Å². The fourth-order valence-electron chi connectivity index (χ4n) is 4.43. The van der Waals surface area contributed by atoms with E-state index in [1.165, 1.54) is 0 Å². The van der Waals surface area contributed by atoms with Crippen LogP contribution in [0.15, 0.2) is 42.9 Å². The van der Waals surface area contributed by atoms with Crippen LogP contribution < -0.4 is 21.7 Å². The van der Waals surface area contributed by atoms with Crippen molar-refractivity contribution in [1.82, 2.24) is 20.3 Å². The van der Waals surface area contributed by atoms with Gasteiger partial charge in [0.15, 0.2) is 0 Å². The maximum atomic E-state index is 11.7. The minimum Gasteiger partial charge on any atom is -0.507 e. The maximum Gasteiger partial charge on any atom is 0.408 e. The van der Waals surface area contributed by atoms with E-state index in [-0.39, 0.29) is 12.3 Å². The minimum atomic E-state index is -0.550. The number of rotatable bonds is 5. The number of benzene rings is 1. The summed E-state index contributed by atoms with van der Waals surface area (Å²) in [5.41, 5.74) is 15.7. The fourth-order valence-corrected chi connectivity index (χ4v) is 4.43. The van der Waals surface area contributed by atoms with Gasteiger partial charge in [-0.05, 0) is 63.3 Å². The third-order valence-electron chi connectivity index (χ3n) is 6.31. The summed E-state index contributed by atoms with van der Waals surface area (Å²) in [6.45, 7) is 7.17. The lowest BCUT2D eigenvalue weighted by molar-refractivity contribution is 0.0535. The monoisotopic (exact) mass is 529 g/mol. The Morgan fingerprint density at radius 1 is 1.26 bits per heavy atom. The van der Waals surface area contributed by atoms with Crippen LogP contribution >= 0.6 is 0 Å². The molecule has 0 radical (unpaired) electrons. The van der Waals surface area contributed by atoms with E-state index in [1.807, 2.05) is 18.3 Å². The normalized spacial score (nSPS) is 14.4. The zero-order valence-corrected chi connectivity index (χ0v) is 22.5. The molecule has 10 nitrogen and oxygen atoms in total. The summed E-state index contributed by atoms with van der Waals surface area (Å²) in [6, 6.07) is 6.98. The van der Waals surface area contributed by atoms with E-state index in [1.54, 1.807) is 51.4 Å². The van der Waals surface area contributed by atoms with E-state index in [0.717, 1.165) is 37.1 Å². The standard InChI is InChI=1S/C29H35N7O3/c1-29(2,3)39-28(38)32-12-6-7-19-16-34-27(35-17-19)36-13-10-20(11-14-36)23-18-33-26(31)22(23)15-24(30)21-8-4-5-9-25(21)37/h4-5,8-9,15-18,20,33,37H,10-14,30-31H2,1-3H3,(H,32,38)/b24-15-. The van der Waals surface area contributed by atoms with Crippen LogP contribution in [0.3, 0.4) is 0 Å². The van der Waals surface area contributed by atoms with Crippen LogP contribution in [0.1, 0.15) is 61.8 Å². The fraction of sp³-hybridized carbons (Fsp3) is 0.345. The molecule has 7 N–H and O–H groups in total. The summed E-state index contributed by atoms with van der Waals surface area (Å²) in [5, 5.41) is 12.8. The number of alkyl carbamates (subject to hydrolysis) is 1. The predicted octanol–water partition coefficient (Wildman–Crippen LogP) is 3.81. The number of hydrogen-bond donors (Lipinski definition) is 5. The first-order valence-corrected chi connectivity index (χ1v) is 12.9. The number of aromatic amines is 1. The molecule has 4 rings (SSSR count). The van der Waals surface area contributed by atoms with Gasteiger partial charge in [-0.25, -0.2) is 14.8 Å². The number of H-pyrrole nitrogens is 1. The van der Waals surface area contributed by atoms with Gasteiger partial charge in [-0.1, -0.05) is 24.0 Å². The highest BCUT2D eigenvalue weighted by atomic mass is 16.6. The molecule has 1 aliphatic heterocycles. The van der Waals surface area contributed by atoms with E-state index >= 15 is 0 Å². The van der Waals surface area contributed by atoms with Crippen molar-refractivity contribution in [1.29, 1.82) is 0 Å². The average Bonchev–Trinajstić information content (AvgIpc) is 3.26. The molecule has 10 heteroatoms. The number of anilines is 2. The first-order chi connectivity index (χ1) is 18.6. The van der Waals surface area contributed by atoms with Gasteiger partial charge in [0.25, 0.3) is 0 Å². The van der Waals surface area contributed by atoms with Crippen molar-refractivity contribution in [2.24, 2.45) is 5.73 Å². The predicted molar refractivity (Wildman–Crippen MR) is 153 cm³/mol. The number of aromatic nitrogens is 3. The number of aromatic hydroxyl groups is 1. The Kier molecular flexibility index (Phi) is 8.30. The molecular weight excluding hydrogens is 494 g/mol. The summed E-state index contributed by atoms with van der Waals surface area (Å²) < 4.78 is 5.18. The lowest BCUT2D eigenvalue weighted by Crippen LogP contribution is -2.34. The average molecular weight is 530 g/mol. The SMILES string of the molecule is CC(C)(C)OC(=O)NCC#Cc1cnc(N2CCC(c3c[nH]c(N)c3/C=C(\N)c3ccccc3O)CC2)nc1. The Morgan fingerprint density at radius 2 is 1.95 bits per heavy atom. The number of piperidine rings is 1. The molecule has 1 fully saturated rings. The zero-order valence-electron chi connectivity index (χ0n) is 22.5. The summed E-state index contributed by atoms with van der Waals surface area (Å²) in [7, 11) is 0. The number of phenols is 1. The number of nitrogens with two attached hydrogens (primary N) is 2. The molecule has 204 valence electrons. The van der Waals surface area contributed by atoms with Crippen molar-refractivity contribution >= 4 is 29.6 Å². The quantitative estimate of drug-likeness (QED) is 0.313. The van der Waals surface area contributed by atoms with Crippen LogP contribution in [0.2, 0.25) is 0 Å². The van der Waals surface area contributed by atoms with Gasteiger partial charge in [-0.2, -0.15) is 0 Å². The third-order valence-corrected chi connectivity index (χ3v) is 6.31. The Labute approximate surface area is 228 Å². The van der Waals surface area contributed by atoms with Gasteiger partial charge < -0.3 is 36.5 Å². The first-order valence-electron chi connectivity index (χ1n) is 12.9. The Morgan fingerprint density at radius 3 is 2.62 bits per heavy atom. The number of carbonyl (C=O) groups excluding carboxylic acids is 1. The van der Waals surface area contributed by atoms with Crippen molar-refractivity contribution in [3.05, 3.63) is 65.1 Å². The molecule has 0 saturated carbocycles. The number of ether oxygens (including phenoxy) is 1. The van der Waals surface area contributed by atoms with Gasteiger partial charge in [0, 0.05) is 48.5 Å². The second-order valence-corrected chi connectivity index (χ2v) is 10.4. The van der Waals surface area contributed by atoms with E-state index in [4.69, 9.17) is 16.2 Å². The van der Waals surface area contributed by atoms with E-state index in [2.05, 4.69) is 37.0 Å². The Balaban J connectivity index is 1.34. The molecule has 0 bridgehead atoms. The highest BCUT2D eigenvalue weighted by Crippen LogP contribution is 2.35. The molecule has 1 saturated heterocycles. The molecule has 2 aromatic heterocycles. The molecule has 1 amide bonds. The maximum absolute atomic E-state index is 11.7. The number of carbonyl (C=O) groups is 1. The molecule has 1 aliphatic rings. The number of nitrogen functional groups attached to an aromatic ring is 1. The molecule has 0 unspecified atom stereocenters. The van der Waals surface area contributed by atoms with Crippen LogP contribution in [-0.2, 0) is 4.74 Å². The van der Waals surface area contributed by atoms with Crippen molar-refractivity contribution in [3.8, 4) is 17.6 Å². The van der Waals surface area contributed by atoms with E-state index in [0.29, 0.717) is 34.5 Å². The molecule has 0 aliphatic carbocycles. The van der Waals surface area contributed by atoms with Crippen molar-refractivity contribution < 1.29 is 14.6 Å². The van der Waals surface area contributed by atoms with Gasteiger partial charge in [-0.15, -0.1) is 0 Å². The highest BCUT2D eigenvalue weighted by molar-refractivity contribution is 5.85. The molecule has 1 aromatic carbocycles. The molecule has 3 heterocycles. The van der Waals surface area contributed by atoms with Crippen LogP contribution in [0.25, 0.3) is 11.8 Å². The number of nitrogens with zero attached hydrogens (tertiary/aromatic N) is 3. The number of hydrogen-bond acceptors (Lipinski definition) is 8. The van der Waals surface area contributed by atoms with Gasteiger partial charge in [0.1, 0.15) is 17.2 Å². The molecule has 0 spiro atoms. The number of amides is 1. The minimum absolute atomic E-state index is 0.129. The highest BCUT2D eigenvalue weighted by Gasteiger charge is 2.25. The van der Waals surface area contributed by atoms with Crippen molar-refractivity contribution in [2.75, 3.05) is 30.3 Å². The topological polar surface area (TPSA) is 155 Å². The van der Waals surface area contributed by atoms with Crippen LogP contribution in [0.5, 0.6) is 5.75 Å². The van der Waals surface area contributed by atoms with Crippen molar-refractivity contribution in [2.45, 2.75) is 45.1 Å². The first kappa shape index (κ1) is 27.4. The second kappa shape index (κ2) is 11.8. The summed E-state index contributed by atoms with van der Waals surface area (Å²) in [5.74, 6) is 7.46. The van der Waals surface area contributed by atoms with E-state index < -0.39 is 11.7 Å². The van der Waals surface area contributed by atoms with Gasteiger partial charge in [0.05, 0.1) is 12.1 Å². The molecule has 0 atom stereocenters. The summed E-state index contributed by atoms with van der Waals surface area (Å²) >= 11 is 0.